The maximum absolute atomic E-state index is 9.39. The van der Waals surface area contributed by atoms with E-state index in [2.05, 4.69) is 4.74 Å². The van der Waals surface area contributed by atoms with Crippen LogP contribution in [0.15, 0.2) is 0 Å². The molecule has 0 spiro atoms. The molecular formula is C3H5IO2. The van der Waals surface area contributed by atoms with Gasteiger partial charge in [-0.05, 0) is 29.5 Å². The predicted molar refractivity (Wildman–Crippen MR) is 30.6 cm³/mol. The van der Waals surface area contributed by atoms with Gasteiger partial charge in [-0.15, -0.1) is 0 Å². The van der Waals surface area contributed by atoms with Crippen molar-refractivity contribution in [3.05, 3.63) is 0 Å². The van der Waals surface area contributed by atoms with Crippen LogP contribution < -0.4 is 0 Å². The molecule has 0 aliphatic rings. The molecule has 0 unspecified atom stereocenters. The van der Waals surface area contributed by atoms with Crippen LogP contribution in [0.3, 0.4) is 0 Å². The smallest absolute Gasteiger partial charge is 0.294 e. The van der Waals surface area contributed by atoms with Gasteiger partial charge in [0.1, 0.15) is 4.11 Å². The van der Waals surface area contributed by atoms with Crippen LogP contribution in [0.4, 0.5) is 0 Å². The number of ether oxygens (including phenoxy) is 1. The van der Waals surface area contributed by atoms with E-state index in [1.165, 1.54) is 0 Å². The highest BCUT2D eigenvalue weighted by Gasteiger charge is 1.86. The first-order chi connectivity index (χ1) is 2.77. The third kappa shape index (κ3) is 4.20. The lowest BCUT2D eigenvalue weighted by Gasteiger charge is -1.93. The van der Waals surface area contributed by atoms with Crippen molar-refractivity contribution in [3.63, 3.8) is 0 Å². The quantitative estimate of drug-likeness (QED) is 0.376. The average Bonchev–Trinajstić information content (AvgIpc) is 1.35. The molecule has 0 saturated carbocycles. The molecule has 2 nitrogen and oxygen atoms in total. The van der Waals surface area contributed by atoms with Crippen molar-refractivity contribution >= 4 is 29.1 Å². The van der Waals surface area contributed by atoms with Gasteiger partial charge in [-0.1, -0.05) is 0 Å². The summed E-state index contributed by atoms with van der Waals surface area (Å²) >= 11 is 1.99. The molecule has 0 fully saturated rings. The highest BCUT2D eigenvalue weighted by atomic mass is 127. The topological polar surface area (TPSA) is 26.3 Å². The molecule has 0 aromatic rings. The second-order valence-electron chi connectivity index (χ2n) is 0.775. The average molecular weight is 200 g/mol. The van der Waals surface area contributed by atoms with Gasteiger partial charge in [0.15, 0.2) is 0 Å². The molecule has 0 saturated heterocycles. The third-order valence-corrected chi connectivity index (χ3v) is 0.537. The van der Waals surface area contributed by atoms with Crippen LogP contribution in [-0.2, 0) is 9.53 Å². The Kier molecular flexibility index (Phi) is 3.51. The van der Waals surface area contributed by atoms with E-state index in [9.17, 15) is 4.79 Å². The van der Waals surface area contributed by atoms with Crippen LogP contribution in [-0.4, -0.2) is 10.6 Å². The fraction of sp³-hybridized carbons (Fsp3) is 0.667. The molecule has 36 valence electrons. The number of carbonyl (C=O) groups is 1. The maximum Gasteiger partial charge on any atom is 0.294 e. The fourth-order valence-corrected chi connectivity index (χ4v) is 0.196. The molecule has 6 heavy (non-hydrogen) atoms. The highest BCUT2D eigenvalue weighted by Crippen LogP contribution is 1.95. The van der Waals surface area contributed by atoms with Crippen LogP contribution in [0.2, 0.25) is 0 Å². The first-order valence-corrected chi connectivity index (χ1v) is 2.75. The van der Waals surface area contributed by atoms with Gasteiger partial charge in [-0.25, -0.2) is 0 Å². The second-order valence-corrected chi connectivity index (χ2v) is 2.53. The van der Waals surface area contributed by atoms with Crippen LogP contribution in [0.5, 0.6) is 0 Å². The first-order valence-electron chi connectivity index (χ1n) is 1.50. The highest BCUT2D eigenvalue weighted by molar-refractivity contribution is 14.1. The minimum atomic E-state index is 0.0000926. The van der Waals surface area contributed by atoms with Crippen molar-refractivity contribution < 1.29 is 9.53 Å². The molecule has 0 aromatic carbocycles. The Morgan fingerprint density at radius 1 is 2.00 bits per heavy atom. The summed E-state index contributed by atoms with van der Waals surface area (Å²) in [6.07, 6.45) is 0. The molecule has 0 heterocycles. The van der Waals surface area contributed by atoms with Crippen molar-refractivity contribution in [1.29, 1.82) is 0 Å². The molecule has 0 radical (unpaired) electrons. The van der Waals surface area contributed by atoms with E-state index < -0.39 is 0 Å². The molecule has 0 N–H and O–H groups in total. The molecule has 0 amide bonds. The van der Waals surface area contributed by atoms with Crippen LogP contribution in [0, 0.1) is 0 Å². The Hall–Kier alpha value is 0.200. The maximum atomic E-state index is 9.39. The van der Waals surface area contributed by atoms with Crippen LogP contribution in [0.25, 0.3) is 0 Å². The minimum Gasteiger partial charge on any atom is -0.454 e. The molecule has 1 atom stereocenters. The number of alkyl halides is 1. The molecule has 3 heteroatoms. The largest absolute Gasteiger partial charge is 0.454 e. The number of hydrogen-bond donors (Lipinski definition) is 0. The SMILES string of the molecule is C[C@H](I)OC=O. The summed E-state index contributed by atoms with van der Waals surface area (Å²) in [5.41, 5.74) is 0. The van der Waals surface area contributed by atoms with Gasteiger partial charge in [-0.3, -0.25) is 4.79 Å². The standard InChI is InChI=1S/C3H5IO2/c1-3(4)6-2-5/h2-3H,1H3/t3-/m1/s1. The van der Waals surface area contributed by atoms with Crippen molar-refractivity contribution in [2.45, 2.75) is 11.0 Å². The summed E-state index contributed by atoms with van der Waals surface area (Å²) < 4.78 is 4.35. The third-order valence-electron chi connectivity index (χ3n) is 0.243. The zero-order valence-electron chi connectivity index (χ0n) is 3.35. The molecule has 0 aromatic heterocycles. The number of carbonyl (C=O) groups excluding carboxylic acids is 1. The molecule has 0 aliphatic carbocycles. The first kappa shape index (κ1) is 6.20. The van der Waals surface area contributed by atoms with E-state index in [1.807, 2.05) is 22.6 Å². The number of rotatable bonds is 2. The lowest BCUT2D eigenvalue weighted by Crippen LogP contribution is -1.93. The Bertz CT molecular complexity index is 44.1. The minimum absolute atomic E-state index is 0.0000926. The lowest BCUT2D eigenvalue weighted by molar-refractivity contribution is -0.128. The molecule has 0 rings (SSSR count). The van der Waals surface area contributed by atoms with Crippen molar-refractivity contribution in [2.75, 3.05) is 0 Å². The summed E-state index contributed by atoms with van der Waals surface area (Å²) in [6.45, 7) is 2.23. The Morgan fingerprint density at radius 3 is 2.50 bits per heavy atom. The number of halogens is 1. The van der Waals surface area contributed by atoms with Gasteiger partial charge >= 0.3 is 0 Å². The van der Waals surface area contributed by atoms with Gasteiger partial charge in [0.2, 0.25) is 0 Å². The van der Waals surface area contributed by atoms with Crippen molar-refractivity contribution in [1.82, 2.24) is 0 Å². The van der Waals surface area contributed by atoms with Gasteiger partial charge in [0, 0.05) is 0 Å². The Balaban J connectivity index is 2.81. The monoisotopic (exact) mass is 200 g/mol. The summed E-state index contributed by atoms with van der Waals surface area (Å²) in [4.78, 5) is 9.39. The second kappa shape index (κ2) is 3.39. The fourth-order valence-electron chi connectivity index (χ4n) is 0.0766. The van der Waals surface area contributed by atoms with E-state index in [1.54, 1.807) is 6.92 Å². The predicted octanol–water partition coefficient (Wildman–Crippen LogP) is 0.940. The number of hydrogen-bond acceptors (Lipinski definition) is 2. The van der Waals surface area contributed by atoms with E-state index in [0.29, 0.717) is 6.47 Å². The van der Waals surface area contributed by atoms with Crippen LogP contribution >= 0.6 is 22.6 Å². The lowest BCUT2D eigenvalue weighted by atomic mass is 10.9. The summed E-state index contributed by atoms with van der Waals surface area (Å²) in [5, 5.41) is 0. The summed E-state index contributed by atoms with van der Waals surface area (Å²) in [6, 6.07) is 0. The molecule has 0 bridgehead atoms. The Morgan fingerprint density at radius 2 is 2.50 bits per heavy atom. The van der Waals surface area contributed by atoms with E-state index in [0.717, 1.165) is 0 Å². The van der Waals surface area contributed by atoms with E-state index >= 15 is 0 Å². The Labute approximate surface area is 50.0 Å². The molecule has 0 aliphatic heterocycles. The van der Waals surface area contributed by atoms with E-state index in [-0.39, 0.29) is 4.11 Å². The normalized spacial score (nSPS) is 13.0. The van der Waals surface area contributed by atoms with Crippen LogP contribution in [0.1, 0.15) is 6.92 Å². The zero-order valence-corrected chi connectivity index (χ0v) is 5.51. The van der Waals surface area contributed by atoms with Crippen molar-refractivity contribution in [2.24, 2.45) is 0 Å². The van der Waals surface area contributed by atoms with Gasteiger partial charge < -0.3 is 4.74 Å². The van der Waals surface area contributed by atoms with Gasteiger partial charge in [0.25, 0.3) is 6.47 Å². The summed E-state index contributed by atoms with van der Waals surface area (Å²) in [5.74, 6) is 0. The van der Waals surface area contributed by atoms with Crippen molar-refractivity contribution in [3.8, 4) is 0 Å². The van der Waals surface area contributed by atoms with Gasteiger partial charge in [0.05, 0.1) is 0 Å². The zero-order chi connectivity index (χ0) is 4.99. The summed E-state index contributed by atoms with van der Waals surface area (Å²) in [7, 11) is 0. The molecular weight excluding hydrogens is 195 g/mol. The van der Waals surface area contributed by atoms with Gasteiger partial charge in [-0.2, -0.15) is 0 Å². The van der Waals surface area contributed by atoms with E-state index in [4.69, 9.17) is 0 Å².